The molecule has 1 aromatic carbocycles. The molecule has 36 heavy (non-hydrogen) atoms. The van der Waals surface area contributed by atoms with Crippen LogP contribution < -0.4 is 21.7 Å². The van der Waals surface area contributed by atoms with Crippen LogP contribution in [-0.2, 0) is 11.3 Å². The average Bonchev–Trinajstić information content (AvgIpc) is 3.26. The molecular weight excluding hydrogens is 454 g/mol. The molecule has 1 unspecified atom stereocenters. The first-order chi connectivity index (χ1) is 17.3. The Kier molecular flexibility index (Phi) is 8.35. The number of nitrogens with two attached hydrogens (primary N) is 1. The molecule has 0 spiro atoms. The molecule has 6 N–H and O–H groups in total. The Balaban J connectivity index is 1.54. The average molecular weight is 492 g/mol. The number of nitrogens with one attached hydrogen (secondary N) is 3. The Morgan fingerprint density at radius 3 is 2.92 bits per heavy atom. The number of carbonyl (C=O) groups is 1. The molecule has 3 atom stereocenters. The lowest BCUT2D eigenvalue weighted by atomic mass is 9.94. The summed E-state index contributed by atoms with van der Waals surface area (Å²) < 4.78 is 1.89. The van der Waals surface area contributed by atoms with E-state index in [2.05, 4.69) is 41.7 Å². The lowest BCUT2D eigenvalue weighted by Crippen LogP contribution is -2.44. The highest BCUT2D eigenvalue weighted by molar-refractivity contribution is 5.90. The fourth-order valence-corrected chi connectivity index (χ4v) is 4.72. The quantitative estimate of drug-likeness (QED) is 0.276. The van der Waals surface area contributed by atoms with Crippen LogP contribution >= 0.6 is 0 Å². The molecule has 1 amide bonds. The second-order valence-corrected chi connectivity index (χ2v) is 9.80. The Bertz CT molecular complexity index is 1220. The summed E-state index contributed by atoms with van der Waals surface area (Å²) in [5.74, 6) is 0.871. The lowest BCUT2D eigenvalue weighted by molar-refractivity contribution is -0.113. The van der Waals surface area contributed by atoms with Crippen LogP contribution in [0.5, 0.6) is 0 Å². The molecule has 1 aliphatic rings. The number of benzene rings is 1. The predicted octanol–water partition coefficient (Wildman–Crippen LogP) is 2.58. The van der Waals surface area contributed by atoms with Gasteiger partial charge in [-0.05, 0) is 61.1 Å². The standard InChI is InChI=1S/C27H37N7O2/c1-17(2)25-26(18(3)31-15-21-9-11-29-16-22(21)35)33-34-24(10-12-30-27(25)34)32-14-20-6-4-5-19(13-20)7-8-23(28)36/h4-8,10,12-13,17-18,21-22,29,31-32,35H,9,11,14-16H2,1-3H3,(H2,28,36)/b8-7+/t18?,21-,22+/m1/s1. The number of hydrogen-bond donors (Lipinski definition) is 5. The Hall–Kier alpha value is -3.27. The minimum Gasteiger partial charge on any atom is -0.391 e. The second-order valence-electron chi connectivity index (χ2n) is 9.80. The first kappa shape index (κ1) is 25.8. The molecule has 192 valence electrons. The number of carbonyl (C=O) groups excluding carboxylic acids is 1. The van der Waals surface area contributed by atoms with Crippen molar-refractivity contribution in [1.29, 1.82) is 0 Å². The summed E-state index contributed by atoms with van der Waals surface area (Å²) in [6, 6.07) is 9.87. The summed E-state index contributed by atoms with van der Waals surface area (Å²) in [5.41, 5.74) is 10.1. The number of anilines is 1. The monoisotopic (exact) mass is 491 g/mol. The van der Waals surface area contributed by atoms with E-state index < -0.39 is 5.91 Å². The maximum atomic E-state index is 11.0. The topological polar surface area (TPSA) is 130 Å². The van der Waals surface area contributed by atoms with Gasteiger partial charge in [0.15, 0.2) is 5.65 Å². The first-order valence-corrected chi connectivity index (χ1v) is 12.6. The number of aliphatic hydroxyl groups is 1. The molecule has 3 aromatic rings. The molecule has 9 nitrogen and oxygen atoms in total. The molecule has 9 heteroatoms. The van der Waals surface area contributed by atoms with Gasteiger partial charge in [-0.1, -0.05) is 32.0 Å². The van der Waals surface area contributed by atoms with Gasteiger partial charge in [-0.25, -0.2) is 4.98 Å². The van der Waals surface area contributed by atoms with E-state index >= 15 is 0 Å². The van der Waals surface area contributed by atoms with Gasteiger partial charge in [0.05, 0.1) is 11.8 Å². The van der Waals surface area contributed by atoms with Gasteiger partial charge in [0.1, 0.15) is 5.82 Å². The van der Waals surface area contributed by atoms with Crippen molar-refractivity contribution in [2.45, 2.75) is 51.8 Å². The minimum absolute atomic E-state index is 0.0211. The molecule has 0 radical (unpaired) electrons. The molecule has 0 saturated carbocycles. The maximum absolute atomic E-state index is 11.0. The molecule has 0 aliphatic carbocycles. The Morgan fingerprint density at radius 1 is 1.33 bits per heavy atom. The summed E-state index contributed by atoms with van der Waals surface area (Å²) in [6.45, 7) is 9.37. The number of β-amino-alcohol motifs (C(OH)–C–C–N with tert-alkyl or cyclic N) is 1. The van der Waals surface area contributed by atoms with Crippen molar-refractivity contribution in [3.05, 3.63) is 65.0 Å². The summed E-state index contributed by atoms with van der Waals surface area (Å²) in [5, 5.41) is 25.6. The lowest BCUT2D eigenvalue weighted by Gasteiger charge is -2.29. The first-order valence-electron chi connectivity index (χ1n) is 12.6. The van der Waals surface area contributed by atoms with Crippen molar-refractivity contribution in [2.24, 2.45) is 11.7 Å². The molecule has 1 aliphatic heterocycles. The highest BCUT2D eigenvalue weighted by Gasteiger charge is 2.26. The van der Waals surface area contributed by atoms with Gasteiger partial charge in [-0.2, -0.15) is 9.61 Å². The highest BCUT2D eigenvalue weighted by atomic mass is 16.3. The van der Waals surface area contributed by atoms with Crippen LogP contribution in [0.15, 0.2) is 42.6 Å². The van der Waals surface area contributed by atoms with Crippen molar-refractivity contribution in [1.82, 2.24) is 25.2 Å². The zero-order chi connectivity index (χ0) is 25.7. The van der Waals surface area contributed by atoms with Gasteiger partial charge in [0.2, 0.25) is 5.91 Å². The fraction of sp³-hybridized carbons (Fsp3) is 0.444. The minimum atomic E-state index is -0.469. The van der Waals surface area contributed by atoms with E-state index in [-0.39, 0.29) is 24.0 Å². The number of amides is 1. The fourth-order valence-electron chi connectivity index (χ4n) is 4.72. The number of aliphatic hydroxyl groups excluding tert-OH is 1. The van der Waals surface area contributed by atoms with Crippen LogP contribution in [-0.4, -0.2) is 51.4 Å². The van der Waals surface area contributed by atoms with E-state index in [1.54, 1.807) is 6.08 Å². The normalized spacial score (nSPS) is 19.2. The van der Waals surface area contributed by atoms with Crippen molar-refractivity contribution < 1.29 is 9.90 Å². The van der Waals surface area contributed by atoms with Crippen molar-refractivity contribution in [3.63, 3.8) is 0 Å². The predicted molar refractivity (Wildman–Crippen MR) is 142 cm³/mol. The van der Waals surface area contributed by atoms with Gasteiger partial charge in [-0.3, -0.25) is 4.79 Å². The largest absolute Gasteiger partial charge is 0.391 e. The van der Waals surface area contributed by atoms with Crippen molar-refractivity contribution >= 4 is 23.4 Å². The van der Waals surface area contributed by atoms with E-state index in [0.717, 1.165) is 53.4 Å². The van der Waals surface area contributed by atoms with E-state index in [1.165, 1.54) is 6.08 Å². The van der Waals surface area contributed by atoms with E-state index in [4.69, 9.17) is 10.8 Å². The van der Waals surface area contributed by atoms with Crippen LogP contribution in [0.4, 0.5) is 5.82 Å². The summed E-state index contributed by atoms with van der Waals surface area (Å²) in [7, 11) is 0. The summed E-state index contributed by atoms with van der Waals surface area (Å²) in [6.07, 6.45) is 5.51. The Morgan fingerprint density at radius 2 is 2.17 bits per heavy atom. The van der Waals surface area contributed by atoms with Gasteiger partial charge in [-0.15, -0.1) is 0 Å². The number of rotatable bonds is 10. The highest BCUT2D eigenvalue weighted by Crippen LogP contribution is 2.29. The molecule has 4 rings (SSSR count). The maximum Gasteiger partial charge on any atom is 0.241 e. The summed E-state index contributed by atoms with van der Waals surface area (Å²) in [4.78, 5) is 15.7. The Labute approximate surface area is 212 Å². The number of nitrogens with zero attached hydrogens (tertiary/aromatic N) is 3. The molecule has 1 fully saturated rings. The number of hydrogen-bond acceptors (Lipinski definition) is 7. The van der Waals surface area contributed by atoms with Crippen LogP contribution in [0, 0.1) is 5.92 Å². The van der Waals surface area contributed by atoms with Crippen molar-refractivity contribution in [3.8, 4) is 0 Å². The van der Waals surface area contributed by atoms with Gasteiger partial charge >= 0.3 is 0 Å². The van der Waals surface area contributed by atoms with Gasteiger partial charge in [0, 0.05) is 43.5 Å². The van der Waals surface area contributed by atoms with Crippen LogP contribution in [0.2, 0.25) is 0 Å². The zero-order valence-electron chi connectivity index (χ0n) is 21.2. The third kappa shape index (κ3) is 6.10. The number of aromatic nitrogens is 3. The SMILES string of the molecule is CC(C)c1c(C(C)NC[C@H]2CCNC[C@@H]2O)nn2c(NCc3cccc(/C=C/C(N)=O)c3)ccnc12. The molecule has 2 aromatic heterocycles. The third-order valence-corrected chi connectivity index (χ3v) is 6.71. The van der Waals surface area contributed by atoms with Crippen LogP contribution in [0.25, 0.3) is 11.7 Å². The molecule has 0 bridgehead atoms. The smallest absolute Gasteiger partial charge is 0.241 e. The van der Waals surface area contributed by atoms with Crippen molar-refractivity contribution in [2.75, 3.05) is 25.0 Å². The van der Waals surface area contributed by atoms with E-state index in [1.807, 2.05) is 41.0 Å². The van der Waals surface area contributed by atoms with E-state index in [9.17, 15) is 9.90 Å². The second kappa shape index (κ2) is 11.6. The van der Waals surface area contributed by atoms with Crippen LogP contribution in [0.3, 0.4) is 0 Å². The van der Waals surface area contributed by atoms with Crippen LogP contribution in [0.1, 0.15) is 61.5 Å². The molecular formula is C27H37N7O2. The molecule has 1 saturated heterocycles. The van der Waals surface area contributed by atoms with Gasteiger partial charge in [0.25, 0.3) is 0 Å². The molecule has 3 heterocycles. The number of piperidine rings is 1. The van der Waals surface area contributed by atoms with E-state index in [0.29, 0.717) is 13.1 Å². The third-order valence-electron chi connectivity index (χ3n) is 6.71. The zero-order valence-corrected chi connectivity index (χ0v) is 21.2. The number of fused-ring (bicyclic) bond motifs is 1. The van der Waals surface area contributed by atoms with Gasteiger partial charge < -0.3 is 26.8 Å². The summed E-state index contributed by atoms with van der Waals surface area (Å²) >= 11 is 0. The number of primary amides is 1.